The van der Waals surface area contributed by atoms with E-state index in [0.717, 1.165) is 12.8 Å². The smallest absolute Gasteiger partial charge is 0.0126 e. The molecule has 2 aromatic carbocycles. The first-order valence-electron chi connectivity index (χ1n) is 9.35. The molecule has 0 fully saturated rings. The van der Waals surface area contributed by atoms with E-state index in [1.165, 1.54) is 33.4 Å². The molecule has 0 amide bonds. The topological polar surface area (TPSA) is 0 Å². The summed E-state index contributed by atoms with van der Waals surface area (Å²) < 4.78 is 0. The zero-order valence-electron chi connectivity index (χ0n) is 16.9. The van der Waals surface area contributed by atoms with Crippen molar-refractivity contribution >= 4 is 0 Å². The van der Waals surface area contributed by atoms with Gasteiger partial charge in [-0.05, 0) is 57.1 Å². The molecule has 2 aromatic rings. The highest BCUT2D eigenvalue weighted by Gasteiger charge is 2.23. The number of rotatable bonds is 3. The largest absolute Gasteiger partial charge is 0.0613 e. The van der Waals surface area contributed by atoms with Crippen molar-refractivity contribution in [1.29, 1.82) is 0 Å². The van der Waals surface area contributed by atoms with Crippen LogP contribution in [0.5, 0.6) is 0 Å². The van der Waals surface area contributed by atoms with Crippen LogP contribution in [0.4, 0.5) is 0 Å². The third-order valence-electron chi connectivity index (χ3n) is 4.95. The van der Waals surface area contributed by atoms with Gasteiger partial charge in [0.25, 0.3) is 0 Å². The fourth-order valence-electron chi connectivity index (χ4n) is 3.29. The zero-order chi connectivity index (χ0) is 18.1. The summed E-state index contributed by atoms with van der Waals surface area (Å²) in [6.07, 6.45) is 2.16. The van der Waals surface area contributed by atoms with Gasteiger partial charge in [0.15, 0.2) is 0 Å². The Labute approximate surface area is 149 Å². The van der Waals surface area contributed by atoms with E-state index < -0.39 is 0 Å². The number of benzene rings is 2. The molecule has 0 radical (unpaired) electrons. The van der Waals surface area contributed by atoms with Crippen molar-refractivity contribution in [3.05, 3.63) is 58.7 Å². The molecule has 0 aromatic heterocycles. The second-order valence-corrected chi connectivity index (χ2v) is 8.96. The van der Waals surface area contributed by atoms with Gasteiger partial charge in [-0.3, -0.25) is 0 Å². The summed E-state index contributed by atoms with van der Waals surface area (Å²) in [6.45, 7) is 18.3. The summed E-state index contributed by atoms with van der Waals surface area (Å²) in [5.41, 5.74) is 8.87. The van der Waals surface area contributed by atoms with Crippen molar-refractivity contribution in [2.24, 2.45) is 0 Å². The molecule has 0 heteroatoms. The molecule has 0 heterocycles. The van der Waals surface area contributed by atoms with Crippen LogP contribution in [0.25, 0.3) is 11.1 Å². The van der Waals surface area contributed by atoms with Crippen LogP contribution in [0.3, 0.4) is 0 Å². The molecule has 0 aliphatic heterocycles. The van der Waals surface area contributed by atoms with Crippen molar-refractivity contribution in [2.45, 2.75) is 79.1 Å². The lowest BCUT2D eigenvalue weighted by Gasteiger charge is -2.28. The molecule has 0 N–H and O–H groups in total. The maximum absolute atomic E-state index is 2.44. The van der Waals surface area contributed by atoms with E-state index in [1.54, 1.807) is 0 Å². The third-order valence-corrected chi connectivity index (χ3v) is 4.95. The van der Waals surface area contributed by atoms with Crippen molar-refractivity contribution in [1.82, 2.24) is 0 Å². The van der Waals surface area contributed by atoms with Crippen molar-refractivity contribution < 1.29 is 0 Å². The maximum atomic E-state index is 2.44. The van der Waals surface area contributed by atoms with Crippen LogP contribution in [0.1, 0.15) is 77.6 Å². The first-order valence-corrected chi connectivity index (χ1v) is 9.35. The van der Waals surface area contributed by atoms with E-state index >= 15 is 0 Å². The minimum atomic E-state index is 0.138. The van der Waals surface area contributed by atoms with Crippen LogP contribution < -0.4 is 0 Å². The van der Waals surface area contributed by atoms with Gasteiger partial charge < -0.3 is 0 Å². The fraction of sp³-hybridized carbons (Fsp3) is 0.500. The summed E-state index contributed by atoms with van der Waals surface area (Å²) >= 11 is 0. The monoisotopic (exact) mass is 322 g/mol. The van der Waals surface area contributed by atoms with Gasteiger partial charge in [-0.1, -0.05) is 91.8 Å². The van der Waals surface area contributed by atoms with Crippen molar-refractivity contribution in [3.8, 4) is 11.1 Å². The third kappa shape index (κ3) is 3.91. The van der Waals surface area contributed by atoms with Crippen LogP contribution >= 0.6 is 0 Å². The van der Waals surface area contributed by atoms with Gasteiger partial charge >= 0.3 is 0 Å². The molecular weight excluding hydrogens is 288 g/mol. The Morgan fingerprint density at radius 1 is 0.667 bits per heavy atom. The normalized spacial score (nSPS) is 12.5. The molecule has 0 spiro atoms. The van der Waals surface area contributed by atoms with Crippen LogP contribution in [0.2, 0.25) is 0 Å². The highest BCUT2D eigenvalue weighted by molar-refractivity contribution is 5.73. The summed E-state index contributed by atoms with van der Waals surface area (Å²) in [6, 6.07) is 14.1. The molecule has 130 valence electrons. The van der Waals surface area contributed by atoms with E-state index in [1.807, 2.05) is 0 Å². The summed E-state index contributed by atoms with van der Waals surface area (Å²) in [5, 5.41) is 0. The zero-order valence-corrected chi connectivity index (χ0v) is 16.9. The molecule has 0 unspecified atom stereocenters. The minimum absolute atomic E-state index is 0.138. The van der Waals surface area contributed by atoms with E-state index in [9.17, 15) is 0 Å². The van der Waals surface area contributed by atoms with Crippen LogP contribution in [0, 0.1) is 0 Å². The average Bonchev–Trinajstić information content (AvgIpc) is 2.52. The van der Waals surface area contributed by atoms with Gasteiger partial charge in [0, 0.05) is 0 Å². The Kier molecular flexibility index (Phi) is 5.28. The number of hydrogen-bond donors (Lipinski definition) is 0. The van der Waals surface area contributed by atoms with Gasteiger partial charge in [-0.25, -0.2) is 0 Å². The Morgan fingerprint density at radius 2 is 1.33 bits per heavy atom. The second-order valence-electron chi connectivity index (χ2n) is 8.96. The molecule has 0 nitrogen and oxygen atoms in total. The van der Waals surface area contributed by atoms with E-state index in [2.05, 4.69) is 91.8 Å². The van der Waals surface area contributed by atoms with E-state index in [4.69, 9.17) is 0 Å². The van der Waals surface area contributed by atoms with E-state index in [0.29, 0.717) is 0 Å². The first kappa shape index (κ1) is 18.8. The second kappa shape index (κ2) is 6.75. The SMILES string of the molecule is CCc1ccc(CC)c(-c2cc(C(C)(C)C)ccc2C(C)(C)C)c1. The number of hydrogen-bond acceptors (Lipinski definition) is 0. The molecular formula is C24H34. The van der Waals surface area contributed by atoms with E-state index in [-0.39, 0.29) is 10.8 Å². The molecule has 2 rings (SSSR count). The summed E-state index contributed by atoms with van der Waals surface area (Å²) in [5.74, 6) is 0. The maximum Gasteiger partial charge on any atom is -0.0126 e. The lowest BCUT2D eigenvalue weighted by molar-refractivity contribution is 0.578. The minimum Gasteiger partial charge on any atom is -0.0613 e. The van der Waals surface area contributed by atoms with Gasteiger partial charge in [0.2, 0.25) is 0 Å². The van der Waals surface area contributed by atoms with Gasteiger partial charge in [-0.15, -0.1) is 0 Å². The Hall–Kier alpha value is -1.56. The predicted molar refractivity (Wildman–Crippen MR) is 108 cm³/mol. The molecule has 0 aliphatic rings. The number of aryl methyl sites for hydroxylation is 2. The van der Waals surface area contributed by atoms with Crippen molar-refractivity contribution in [3.63, 3.8) is 0 Å². The highest BCUT2D eigenvalue weighted by Crippen LogP contribution is 2.38. The summed E-state index contributed by atoms with van der Waals surface area (Å²) in [4.78, 5) is 0. The average molecular weight is 323 g/mol. The Morgan fingerprint density at radius 3 is 1.83 bits per heavy atom. The Balaban J connectivity index is 2.80. The molecule has 0 saturated carbocycles. The first-order chi connectivity index (χ1) is 11.1. The standard InChI is InChI=1S/C24H34/c1-9-17-11-12-18(10-2)20(15-17)21-16-19(23(3,4)5)13-14-22(21)24(6,7)8/h11-16H,9-10H2,1-8H3. The van der Waals surface area contributed by atoms with Gasteiger partial charge in [0.05, 0.1) is 0 Å². The molecule has 0 saturated heterocycles. The quantitative estimate of drug-likeness (QED) is 0.566. The van der Waals surface area contributed by atoms with Gasteiger partial charge in [-0.2, -0.15) is 0 Å². The molecule has 0 atom stereocenters. The van der Waals surface area contributed by atoms with Crippen LogP contribution in [-0.4, -0.2) is 0 Å². The molecule has 0 bridgehead atoms. The lowest BCUT2D eigenvalue weighted by Crippen LogP contribution is -2.16. The lowest BCUT2D eigenvalue weighted by atomic mass is 9.77. The van der Waals surface area contributed by atoms with Crippen molar-refractivity contribution in [2.75, 3.05) is 0 Å². The van der Waals surface area contributed by atoms with Gasteiger partial charge in [0.1, 0.15) is 0 Å². The van der Waals surface area contributed by atoms with Crippen LogP contribution in [0.15, 0.2) is 36.4 Å². The fourth-order valence-corrected chi connectivity index (χ4v) is 3.29. The highest BCUT2D eigenvalue weighted by atomic mass is 14.3. The summed E-state index contributed by atoms with van der Waals surface area (Å²) in [7, 11) is 0. The molecule has 24 heavy (non-hydrogen) atoms. The van der Waals surface area contributed by atoms with Crippen LogP contribution in [-0.2, 0) is 23.7 Å². The predicted octanol–water partition coefficient (Wildman–Crippen LogP) is 7.07. The molecule has 0 aliphatic carbocycles. The Bertz CT molecular complexity index is 706.